The zero-order chi connectivity index (χ0) is 21.7. The zero-order valence-electron chi connectivity index (χ0n) is 16.8. The zero-order valence-corrected chi connectivity index (χ0v) is 16.8. The summed E-state index contributed by atoms with van der Waals surface area (Å²) in [4.78, 5) is 13.4. The Balaban J connectivity index is 1.46. The van der Waals surface area contributed by atoms with E-state index in [-0.39, 0.29) is 15.7 Å². The SMILES string of the molecule is N[N+]12C=CN=CC1=C(C1=CC=C1)N=C2c1ccc2ccc(Oc3ccccc3)nc2c1F. The van der Waals surface area contributed by atoms with Gasteiger partial charge in [-0.15, -0.1) is 4.59 Å². The molecule has 6 nitrogen and oxygen atoms in total. The van der Waals surface area contributed by atoms with Crippen molar-refractivity contribution in [1.82, 2.24) is 4.98 Å². The molecule has 32 heavy (non-hydrogen) atoms. The van der Waals surface area contributed by atoms with Gasteiger partial charge >= 0.3 is 0 Å². The minimum atomic E-state index is -0.502. The molecule has 0 fully saturated rings. The Morgan fingerprint density at radius 3 is 2.59 bits per heavy atom. The van der Waals surface area contributed by atoms with E-state index in [0.29, 0.717) is 34.2 Å². The molecule has 3 aliphatic rings. The molecule has 3 aromatic rings. The molecule has 1 aliphatic carbocycles. The van der Waals surface area contributed by atoms with Crippen molar-refractivity contribution in [1.29, 1.82) is 0 Å². The number of ether oxygens (including phenoxy) is 1. The van der Waals surface area contributed by atoms with Crippen molar-refractivity contribution in [3.05, 3.63) is 114 Å². The van der Waals surface area contributed by atoms with Gasteiger partial charge in [0, 0.05) is 17.0 Å². The lowest BCUT2D eigenvalue weighted by atomic mass is 10.0. The summed E-state index contributed by atoms with van der Waals surface area (Å²) in [6, 6.07) is 16.2. The number of benzene rings is 2. The third kappa shape index (κ3) is 2.76. The van der Waals surface area contributed by atoms with E-state index >= 15 is 4.39 Å². The number of halogens is 1. The highest BCUT2D eigenvalue weighted by atomic mass is 19.1. The molecule has 0 radical (unpaired) electrons. The predicted octanol–water partition coefficient (Wildman–Crippen LogP) is 4.88. The minimum Gasteiger partial charge on any atom is -0.439 e. The molecule has 154 valence electrons. The van der Waals surface area contributed by atoms with Crippen molar-refractivity contribution in [2.45, 2.75) is 0 Å². The lowest BCUT2D eigenvalue weighted by molar-refractivity contribution is -0.750. The van der Waals surface area contributed by atoms with Gasteiger partial charge in [-0.05, 0) is 24.3 Å². The largest absolute Gasteiger partial charge is 0.439 e. The van der Waals surface area contributed by atoms with Gasteiger partial charge < -0.3 is 4.74 Å². The molecule has 1 aromatic heterocycles. The third-order valence-electron chi connectivity index (χ3n) is 5.60. The van der Waals surface area contributed by atoms with Crippen LogP contribution in [0.15, 0.2) is 112 Å². The fraction of sp³-hybridized carbons (Fsp3) is 0. The molecule has 2 aromatic carbocycles. The lowest BCUT2D eigenvalue weighted by Gasteiger charge is -2.26. The summed E-state index contributed by atoms with van der Waals surface area (Å²) in [5.74, 6) is 7.50. The number of quaternary nitrogens is 1. The van der Waals surface area contributed by atoms with Crippen LogP contribution in [0.5, 0.6) is 11.6 Å². The monoisotopic (exact) mass is 422 g/mol. The van der Waals surface area contributed by atoms with Gasteiger partial charge in [0.2, 0.25) is 11.6 Å². The highest BCUT2D eigenvalue weighted by Crippen LogP contribution is 2.37. The summed E-state index contributed by atoms with van der Waals surface area (Å²) in [7, 11) is 0. The Morgan fingerprint density at radius 2 is 1.81 bits per heavy atom. The topological polar surface area (TPSA) is 72.9 Å². The quantitative estimate of drug-likeness (QED) is 0.481. The van der Waals surface area contributed by atoms with Crippen LogP contribution in [0.4, 0.5) is 4.39 Å². The summed E-state index contributed by atoms with van der Waals surface area (Å²) in [5, 5.41) is 0.655. The van der Waals surface area contributed by atoms with Crippen LogP contribution >= 0.6 is 0 Å². The first kappa shape index (κ1) is 18.6. The van der Waals surface area contributed by atoms with Crippen LogP contribution in [0.1, 0.15) is 5.56 Å². The van der Waals surface area contributed by atoms with E-state index in [9.17, 15) is 0 Å². The number of aliphatic imine (C=N–C) groups is 2. The number of fused-ring (bicyclic) bond motifs is 2. The van der Waals surface area contributed by atoms with Crippen LogP contribution in [-0.4, -0.2) is 21.6 Å². The molecule has 1 unspecified atom stereocenters. The summed E-state index contributed by atoms with van der Waals surface area (Å²) in [5.41, 5.74) is 2.78. The maximum absolute atomic E-state index is 15.8. The van der Waals surface area contributed by atoms with Crippen LogP contribution < -0.4 is 10.6 Å². The van der Waals surface area contributed by atoms with E-state index in [2.05, 4.69) is 9.98 Å². The maximum Gasteiger partial charge on any atom is 0.268 e. The number of aromatic nitrogens is 1. The second-order valence-electron chi connectivity index (χ2n) is 7.57. The van der Waals surface area contributed by atoms with Crippen molar-refractivity contribution >= 4 is 23.0 Å². The van der Waals surface area contributed by atoms with E-state index in [4.69, 9.17) is 15.6 Å². The third-order valence-corrected chi connectivity index (χ3v) is 5.60. The van der Waals surface area contributed by atoms with Crippen LogP contribution in [0.3, 0.4) is 0 Å². The van der Waals surface area contributed by atoms with E-state index < -0.39 is 5.82 Å². The number of pyridine rings is 1. The van der Waals surface area contributed by atoms with Crippen molar-refractivity contribution in [3.63, 3.8) is 0 Å². The van der Waals surface area contributed by atoms with Crippen molar-refractivity contribution in [2.75, 3.05) is 0 Å². The molecule has 1 atom stereocenters. The summed E-state index contributed by atoms with van der Waals surface area (Å²) < 4.78 is 21.4. The number of nitrogens with two attached hydrogens (primary N) is 1. The molecule has 7 heteroatoms. The van der Waals surface area contributed by atoms with Gasteiger partial charge in [-0.2, -0.15) is 10.8 Å². The first-order valence-electron chi connectivity index (χ1n) is 10.1. The van der Waals surface area contributed by atoms with Gasteiger partial charge in [0.1, 0.15) is 23.2 Å². The van der Waals surface area contributed by atoms with Crippen molar-refractivity contribution < 1.29 is 13.7 Å². The van der Waals surface area contributed by atoms with Crippen LogP contribution in [0, 0.1) is 5.82 Å². The second kappa shape index (κ2) is 6.91. The molecule has 0 saturated heterocycles. The van der Waals surface area contributed by atoms with E-state index in [1.165, 1.54) is 0 Å². The molecule has 0 saturated carbocycles. The molecule has 3 heterocycles. The number of nitrogens with zero attached hydrogens (tertiary/aromatic N) is 4. The number of rotatable bonds is 4. The predicted molar refractivity (Wildman–Crippen MR) is 121 cm³/mol. The van der Waals surface area contributed by atoms with Crippen molar-refractivity contribution in [3.8, 4) is 11.6 Å². The Bertz CT molecular complexity index is 1470. The van der Waals surface area contributed by atoms with E-state index in [0.717, 1.165) is 5.57 Å². The van der Waals surface area contributed by atoms with Crippen LogP contribution in [0.2, 0.25) is 0 Å². The normalized spacial score (nSPS) is 20.8. The second-order valence-corrected chi connectivity index (χ2v) is 7.57. The Labute approximate surface area is 183 Å². The van der Waals surface area contributed by atoms with Gasteiger partial charge in [0.05, 0.1) is 18.0 Å². The number of hydrogen-bond acceptors (Lipinski definition) is 5. The van der Waals surface area contributed by atoms with E-state index in [1.54, 1.807) is 36.8 Å². The smallest absolute Gasteiger partial charge is 0.268 e. The highest BCUT2D eigenvalue weighted by Gasteiger charge is 2.46. The fourth-order valence-electron chi connectivity index (χ4n) is 3.90. The molecular weight excluding hydrogens is 405 g/mol. The number of amidine groups is 1. The number of allylic oxidation sites excluding steroid dienone is 4. The van der Waals surface area contributed by atoms with Crippen molar-refractivity contribution in [2.24, 2.45) is 15.8 Å². The lowest BCUT2D eigenvalue weighted by Crippen LogP contribution is -2.53. The number of para-hydroxylation sites is 1. The summed E-state index contributed by atoms with van der Waals surface area (Å²) in [6.07, 6.45) is 10.8. The average Bonchev–Trinajstić information content (AvgIpc) is 3.06. The molecule has 0 bridgehead atoms. The molecule has 2 aliphatic heterocycles. The van der Waals surface area contributed by atoms with Crippen LogP contribution in [0.25, 0.3) is 10.9 Å². The van der Waals surface area contributed by atoms with Gasteiger partial charge in [0.15, 0.2) is 5.82 Å². The summed E-state index contributed by atoms with van der Waals surface area (Å²) in [6.45, 7) is 0. The minimum absolute atomic E-state index is 0.192. The molecular formula is C25H17FN5O+. The van der Waals surface area contributed by atoms with Gasteiger partial charge in [0.25, 0.3) is 5.84 Å². The van der Waals surface area contributed by atoms with Gasteiger partial charge in [-0.3, -0.25) is 4.99 Å². The first-order valence-corrected chi connectivity index (χ1v) is 10.1. The Morgan fingerprint density at radius 1 is 1.00 bits per heavy atom. The average molecular weight is 422 g/mol. The highest BCUT2D eigenvalue weighted by molar-refractivity contribution is 6.03. The molecule has 2 N–H and O–H groups in total. The van der Waals surface area contributed by atoms with E-state index in [1.807, 2.05) is 54.6 Å². The molecule has 0 spiro atoms. The summed E-state index contributed by atoms with van der Waals surface area (Å²) >= 11 is 0. The Hall–Kier alpha value is -4.20. The molecule has 0 amide bonds. The van der Waals surface area contributed by atoms with Gasteiger partial charge in [-0.25, -0.2) is 9.37 Å². The van der Waals surface area contributed by atoms with Crippen LogP contribution in [-0.2, 0) is 0 Å². The first-order chi connectivity index (χ1) is 15.6. The standard InChI is InChI=1S/C25H17FN5O/c26-22-19(25-30-23(16-5-4-6-16)20-15-28-13-14-31(20,25)27)11-9-17-10-12-21(29-24(17)22)32-18-7-2-1-3-8-18/h1-15H,27H2/q+1. The maximum atomic E-state index is 15.8. The fourth-order valence-corrected chi connectivity index (χ4v) is 3.90. The molecule has 6 rings (SSSR count). The van der Waals surface area contributed by atoms with Gasteiger partial charge in [-0.1, -0.05) is 42.5 Å². The Kier molecular flexibility index (Phi) is 4.01. The number of hydrogen-bond donors (Lipinski definition) is 1.